The Morgan fingerprint density at radius 3 is 1.82 bits per heavy atom. The zero-order valence-corrected chi connectivity index (χ0v) is 21.2. The fourth-order valence-corrected chi connectivity index (χ4v) is 3.89. The van der Waals surface area contributed by atoms with Crippen LogP contribution in [0.5, 0.6) is 5.88 Å². The number of aryl methyl sites for hydroxylation is 2. The van der Waals surface area contributed by atoms with E-state index in [1.54, 1.807) is 12.1 Å². The molecule has 5 aromatic rings. The molecule has 5 rings (SSSR count). The number of esters is 1. The molecule has 8 heteroatoms. The van der Waals surface area contributed by atoms with Gasteiger partial charge in [0.05, 0.1) is 30.2 Å². The highest BCUT2D eigenvalue weighted by molar-refractivity contribution is 5.89. The molecule has 0 atom stereocenters. The number of nitrogens with zero attached hydrogens (tertiary/aromatic N) is 3. The molecule has 0 fully saturated rings. The number of benzene rings is 2. The average molecular weight is 510 g/mol. The Balaban J connectivity index is 1.09. The first-order valence-electron chi connectivity index (χ1n) is 12.4. The molecular formula is C30H27N3O5. The van der Waals surface area contributed by atoms with Crippen LogP contribution in [0.1, 0.15) is 33.3 Å². The van der Waals surface area contributed by atoms with Gasteiger partial charge in [0.25, 0.3) is 0 Å². The quantitative estimate of drug-likeness (QED) is 0.210. The van der Waals surface area contributed by atoms with Crippen LogP contribution in [-0.4, -0.2) is 34.1 Å². The van der Waals surface area contributed by atoms with Crippen molar-refractivity contribution in [3.8, 4) is 28.8 Å². The molecular weight excluding hydrogens is 482 g/mol. The van der Waals surface area contributed by atoms with Crippen molar-refractivity contribution in [2.75, 3.05) is 13.2 Å². The van der Waals surface area contributed by atoms with Gasteiger partial charge in [-0.05, 0) is 44.2 Å². The Bertz CT molecular complexity index is 1490. The zero-order valence-electron chi connectivity index (χ0n) is 21.2. The summed E-state index contributed by atoms with van der Waals surface area (Å²) in [5.74, 6) is 2.57. The van der Waals surface area contributed by atoms with E-state index in [2.05, 4.69) is 15.0 Å². The van der Waals surface area contributed by atoms with Gasteiger partial charge in [0.15, 0.2) is 0 Å². The highest BCUT2D eigenvalue weighted by Gasteiger charge is 2.14. The number of hydrogen-bond acceptors (Lipinski definition) is 8. The number of rotatable bonds is 10. The van der Waals surface area contributed by atoms with Crippen molar-refractivity contribution in [1.29, 1.82) is 0 Å². The van der Waals surface area contributed by atoms with E-state index in [1.807, 2.05) is 74.5 Å². The topological polar surface area (TPSA) is 100 Å². The Morgan fingerprint density at radius 1 is 0.737 bits per heavy atom. The molecule has 2 aromatic carbocycles. The van der Waals surface area contributed by atoms with Crippen LogP contribution in [0.25, 0.3) is 22.9 Å². The van der Waals surface area contributed by atoms with E-state index in [-0.39, 0.29) is 6.61 Å². The van der Waals surface area contributed by atoms with E-state index in [9.17, 15) is 4.79 Å². The van der Waals surface area contributed by atoms with Gasteiger partial charge in [0.2, 0.25) is 17.7 Å². The third-order valence-corrected chi connectivity index (χ3v) is 5.96. The smallest absolute Gasteiger partial charge is 0.339 e. The van der Waals surface area contributed by atoms with Gasteiger partial charge in [-0.1, -0.05) is 36.4 Å². The van der Waals surface area contributed by atoms with Gasteiger partial charge in [-0.3, -0.25) is 0 Å². The minimum atomic E-state index is -0.458. The second-order valence-corrected chi connectivity index (χ2v) is 8.65. The standard InChI is InChI=1S/C30H27N3O5/c1-20-25(32-28(37-20)22-9-5-3-6-10-22)15-17-35-27-14-13-24(19-31-27)30(34)36-18-16-26-21(2)38-29(33-26)23-11-7-4-8-12-23/h3-14,19H,15-18H2,1-2H3. The molecule has 0 amide bonds. The van der Waals surface area contributed by atoms with Crippen molar-refractivity contribution in [3.63, 3.8) is 0 Å². The van der Waals surface area contributed by atoms with Crippen molar-refractivity contribution in [1.82, 2.24) is 15.0 Å². The fraction of sp³-hybridized carbons (Fsp3) is 0.200. The largest absolute Gasteiger partial charge is 0.477 e. The van der Waals surface area contributed by atoms with Gasteiger partial charge >= 0.3 is 5.97 Å². The van der Waals surface area contributed by atoms with Crippen molar-refractivity contribution in [3.05, 3.63) is 107 Å². The van der Waals surface area contributed by atoms with Crippen LogP contribution < -0.4 is 4.74 Å². The van der Waals surface area contributed by atoms with Crippen molar-refractivity contribution < 1.29 is 23.1 Å². The van der Waals surface area contributed by atoms with Crippen LogP contribution in [0.2, 0.25) is 0 Å². The molecule has 0 saturated heterocycles. The summed E-state index contributed by atoms with van der Waals surface area (Å²) in [5.41, 5.74) is 3.78. The van der Waals surface area contributed by atoms with E-state index in [1.165, 1.54) is 6.20 Å². The Labute approximate surface area is 220 Å². The third kappa shape index (κ3) is 5.98. The maximum atomic E-state index is 12.4. The van der Waals surface area contributed by atoms with Gasteiger partial charge in [-0.2, -0.15) is 0 Å². The summed E-state index contributed by atoms with van der Waals surface area (Å²) in [6.07, 6.45) is 2.47. The lowest BCUT2D eigenvalue weighted by atomic mass is 10.2. The van der Waals surface area contributed by atoms with E-state index >= 15 is 0 Å². The molecule has 192 valence electrons. The Hall–Kier alpha value is -4.72. The van der Waals surface area contributed by atoms with Gasteiger partial charge < -0.3 is 18.3 Å². The number of aromatic nitrogens is 3. The molecule has 0 aliphatic carbocycles. The van der Waals surface area contributed by atoms with Crippen molar-refractivity contribution in [2.45, 2.75) is 26.7 Å². The van der Waals surface area contributed by atoms with E-state index in [0.717, 1.165) is 28.3 Å². The predicted molar refractivity (Wildman–Crippen MR) is 141 cm³/mol. The van der Waals surface area contributed by atoms with Crippen LogP contribution in [0.4, 0.5) is 0 Å². The lowest BCUT2D eigenvalue weighted by molar-refractivity contribution is 0.0507. The molecule has 0 saturated carbocycles. The number of hydrogen-bond donors (Lipinski definition) is 0. The molecule has 38 heavy (non-hydrogen) atoms. The molecule has 0 spiro atoms. The predicted octanol–water partition coefficient (Wildman–Crippen LogP) is 6.03. The lowest BCUT2D eigenvalue weighted by Crippen LogP contribution is -2.10. The number of carbonyl (C=O) groups is 1. The number of oxazole rings is 2. The maximum absolute atomic E-state index is 12.4. The van der Waals surface area contributed by atoms with Crippen LogP contribution in [0.3, 0.4) is 0 Å². The molecule has 0 aliphatic rings. The monoisotopic (exact) mass is 509 g/mol. The fourth-order valence-electron chi connectivity index (χ4n) is 3.89. The Morgan fingerprint density at radius 2 is 1.29 bits per heavy atom. The highest BCUT2D eigenvalue weighted by Crippen LogP contribution is 2.23. The summed E-state index contributed by atoms with van der Waals surface area (Å²) in [4.78, 5) is 25.8. The van der Waals surface area contributed by atoms with Crippen molar-refractivity contribution in [2.24, 2.45) is 0 Å². The molecule has 3 heterocycles. The van der Waals surface area contributed by atoms with E-state index in [4.69, 9.17) is 18.3 Å². The van der Waals surface area contributed by atoms with Crippen LogP contribution in [0.15, 0.2) is 87.8 Å². The first-order chi connectivity index (χ1) is 18.6. The second kappa shape index (κ2) is 11.6. The molecule has 0 bridgehead atoms. The first kappa shape index (κ1) is 25.0. The molecule has 8 nitrogen and oxygen atoms in total. The molecule has 0 radical (unpaired) electrons. The normalized spacial score (nSPS) is 10.9. The van der Waals surface area contributed by atoms with Crippen LogP contribution in [-0.2, 0) is 17.6 Å². The minimum absolute atomic E-state index is 0.181. The highest BCUT2D eigenvalue weighted by atomic mass is 16.5. The summed E-state index contributed by atoms with van der Waals surface area (Å²) in [6.45, 7) is 4.30. The zero-order chi connectivity index (χ0) is 26.3. The molecule has 3 aromatic heterocycles. The summed E-state index contributed by atoms with van der Waals surface area (Å²) in [7, 11) is 0. The lowest BCUT2D eigenvalue weighted by Gasteiger charge is -2.06. The van der Waals surface area contributed by atoms with Gasteiger partial charge in [0, 0.05) is 36.2 Å². The second-order valence-electron chi connectivity index (χ2n) is 8.65. The van der Waals surface area contributed by atoms with Crippen LogP contribution in [0, 0.1) is 13.8 Å². The van der Waals surface area contributed by atoms with Gasteiger partial charge in [-0.15, -0.1) is 0 Å². The number of ether oxygens (including phenoxy) is 2. The average Bonchev–Trinajstić information content (AvgIpc) is 3.52. The number of carbonyl (C=O) groups excluding carboxylic acids is 1. The van der Waals surface area contributed by atoms with E-state index in [0.29, 0.717) is 48.4 Å². The summed E-state index contributed by atoms with van der Waals surface area (Å²) >= 11 is 0. The molecule has 0 unspecified atom stereocenters. The number of pyridine rings is 1. The first-order valence-corrected chi connectivity index (χ1v) is 12.4. The summed E-state index contributed by atoms with van der Waals surface area (Å²) in [6, 6.07) is 22.7. The molecule has 0 N–H and O–H groups in total. The van der Waals surface area contributed by atoms with Gasteiger partial charge in [0.1, 0.15) is 11.5 Å². The summed E-state index contributed by atoms with van der Waals surface area (Å²) < 4.78 is 22.7. The minimum Gasteiger partial charge on any atom is -0.477 e. The SMILES string of the molecule is Cc1oc(-c2ccccc2)nc1CCOC(=O)c1ccc(OCCc2nc(-c3ccccc3)oc2C)nc1. The maximum Gasteiger partial charge on any atom is 0.339 e. The third-order valence-electron chi connectivity index (χ3n) is 5.96. The van der Waals surface area contributed by atoms with Crippen molar-refractivity contribution >= 4 is 5.97 Å². The molecule has 0 aliphatic heterocycles. The van der Waals surface area contributed by atoms with Gasteiger partial charge in [-0.25, -0.2) is 19.7 Å². The van der Waals surface area contributed by atoms with E-state index < -0.39 is 5.97 Å². The summed E-state index contributed by atoms with van der Waals surface area (Å²) in [5, 5.41) is 0. The Kier molecular flexibility index (Phi) is 7.59. The van der Waals surface area contributed by atoms with Crippen LogP contribution >= 0.6 is 0 Å².